The van der Waals surface area contributed by atoms with Gasteiger partial charge in [-0.1, -0.05) is 17.7 Å². The Morgan fingerprint density at radius 1 is 1.12 bits per heavy atom. The molecular weight excluding hydrogens is 338 g/mol. The Balaban J connectivity index is 2.11. The largest absolute Gasteiger partial charge is 0.325 e. The van der Waals surface area contributed by atoms with E-state index in [1.807, 2.05) is 6.92 Å². The van der Waals surface area contributed by atoms with E-state index in [9.17, 15) is 22.0 Å². The van der Waals surface area contributed by atoms with Gasteiger partial charge in [0.15, 0.2) is 0 Å². The molecule has 0 saturated carbocycles. The monoisotopic (exact) mass is 354 g/mol. The minimum Gasteiger partial charge on any atom is -0.325 e. The number of carbonyl (C=O) groups is 1. The Kier molecular flexibility index (Phi) is 5.30. The lowest BCUT2D eigenvalue weighted by Gasteiger charge is -2.17. The maximum atomic E-state index is 13.7. The number of anilines is 1. The Morgan fingerprint density at radius 2 is 1.75 bits per heavy atom. The average molecular weight is 354 g/mol. The summed E-state index contributed by atoms with van der Waals surface area (Å²) in [6, 6.07) is 9.11. The predicted molar refractivity (Wildman–Crippen MR) is 86.0 cm³/mol. The van der Waals surface area contributed by atoms with Crippen molar-refractivity contribution in [1.29, 1.82) is 0 Å². The molecule has 0 saturated heterocycles. The van der Waals surface area contributed by atoms with Gasteiger partial charge in [-0.3, -0.25) is 4.79 Å². The number of sulfonamides is 1. The molecule has 2 aromatic carbocycles. The van der Waals surface area contributed by atoms with E-state index in [0.29, 0.717) is 16.1 Å². The first-order valence-corrected chi connectivity index (χ1v) is 8.42. The highest BCUT2D eigenvalue weighted by molar-refractivity contribution is 7.89. The summed E-state index contributed by atoms with van der Waals surface area (Å²) in [5.41, 5.74) is 1.53. The number of amides is 1. The lowest BCUT2D eigenvalue weighted by molar-refractivity contribution is -0.116. The fourth-order valence-corrected chi connectivity index (χ4v) is 3.15. The number of aryl methyl sites for hydroxylation is 1. The van der Waals surface area contributed by atoms with Gasteiger partial charge in [-0.15, -0.1) is 0 Å². The first kappa shape index (κ1) is 18.0. The molecule has 0 aliphatic heterocycles. The summed E-state index contributed by atoms with van der Waals surface area (Å²) >= 11 is 0. The summed E-state index contributed by atoms with van der Waals surface area (Å²) in [5, 5.41) is 2.55. The molecule has 0 aliphatic rings. The van der Waals surface area contributed by atoms with Gasteiger partial charge in [0.05, 0.1) is 6.54 Å². The molecular formula is C16H16F2N2O3S. The van der Waals surface area contributed by atoms with Gasteiger partial charge in [-0.2, -0.15) is 4.31 Å². The Morgan fingerprint density at radius 3 is 2.33 bits per heavy atom. The molecule has 2 rings (SSSR count). The lowest BCUT2D eigenvalue weighted by Crippen LogP contribution is -2.35. The first-order chi connectivity index (χ1) is 11.2. The van der Waals surface area contributed by atoms with Crippen molar-refractivity contribution in [2.45, 2.75) is 11.8 Å². The second-order valence-corrected chi connectivity index (χ2v) is 7.26. The lowest BCUT2D eigenvalue weighted by atomic mass is 10.2. The van der Waals surface area contributed by atoms with Crippen LogP contribution in [-0.2, 0) is 14.8 Å². The van der Waals surface area contributed by atoms with E-state index in [1.54, 1.807) is 24.3 Å². The fraction of sp³-hybridized carbons (Fsp3) is 0.188. The van der Waals surface area contributed by atoms with Crippen LogP contribution < -0.4 is 5.32 Å². The van der Waals surface area contributed by atoms with Crippen molar-refractivity contribution in [2.24, 2.45) is 0 Å². The van der Waals surface area contributed by atoms with Gasteiger partial charge in [0.1, 0.15) is 16.5 Å². The second-order valence-electron chi connectivity index (χ2n) is 5.25. The minimum atomic E-state index is -4.25. The third kappa shape index (κ3) is 4.15. The molecule has 5 nitrogen and oxygen atoms in total. The fourth-order valence-electron chi connectivity index (χ4n) is 1.98. The van der Waals surface area contributed by atoms with Gasteiger partial charge in [0, 0.05) is 18.8 Å². The van der Waals surface area contributed by atoms with Crippen LogP contribution in [0.3, 0.4) is 0 Å². The van der Waals surface area contributed by atoms with Crippen molar-refractivity contribution < 1.29 is 22.0 Å². The first-order valence-electron chi connectivity index (χ1n) is 6.98. The van der Waals surface area contributed by atoms with Gasteiger partial charge >= 0.3 is 0 Å². The van der Waals surface area contributed by atoms with Crippen LogP contribution in [-0.4, -0.2) is 32.2 Å². The Labute approximate surface area is 139 Å². The van der Waals surface area contributed by atoms with E-state index in [1.165, 1.54) is 0 Å². The van der Waals surface area contributed by atoms with Crippen LogP contribution in [0.1, 0.15) is 5.56 Å². The number of nitrogens with zero attached hydrogens (tertiary/aromatic N) is 1. The van der Waals surface area contributed by atoms with Gasteiger partial charge in [0.25, 0.3) is 0 Å². The van der Waals surface area contributed by atoms with Crippen molar-refractivity contribution in [3.05, 3.63) is 59.7 Å². The van der Waals surface area contributed by atoms with E-state index in [-0.39, 0.29) is 0 Å². The molecule has 0 unspecified atom stereocenters. The normalized spacial score (nSPS) is 11.5. The molecule has 0 heterocycles. The molecule has 1 N–H and O–H groups in total. The van der Waals surface area contributed by atoms with E-state index in [0.717, 1.165) is 24.7 Å². The van der Waals surface area contributed by atoms with E-state index >= 15 is 0 Å². The van der Waals surface area contributed by atoms with Crippen molar-refractivity contribution in [1.82, 2.24) is 4.31 Å². The summed E-state index contributed by atoms with van der Waals surface area (Å²) in [6.45, 7) is 1.39. The highest BCUT2D eigenvalue weighted by atomic mass is 32.2. The van der Waals surface area contributed by atoms with Crippen molar-refractivity contribution in [3.8, 4) is 0 Å². The highest BCUT2D eigenvalue weighted by Gasteiger charge is 2.26. The highest BCUT2D eigenvalue weighted by Crippen LogP contribution is 2.19. The standard InChI is InChI=1S/C16H16F2N2O3S/c1-11-3-6-13(7-4-11)19-16(21)10-20(2)24(22,23)15-8-5-12(17)9-14(15)18/h3-9H,10H2,1-2H3,(H,19,21). The zero-order valence-corrected chi connectivity index (χ0v) is 13.9. The molecule has 0 spiro atoms. The molecule has 0 radical (unpaired) electrons. The van der Waals surface area contributed by atoms with Gasteiger partial charge in [-0.25, -0.2) is 17.2 Å². The predicted octanol–water partition coefficient (Wildman–Crippen LogP) is 2.53. The maximum absolute atomic E-state index is 13.7. The van der Waals surface area contributed by atoms with E-state index < -0.39 is 39.0 Å². The minimum absolute atomic E-state index is 0.479. The number of likely N-dealkylation sites (N-methyl/N-ethyl adjacent to an activating group) is 1. The molecule has 8 heteroatoms. The van der Waals surface area contributed by atoms with Crippen LogP contribution >= 0.6 is 0 Å². The van der Waals surface area contributed by atoms with E-state index in [2.05, 4.69) is 5.32 Å². The summed E-state index contributed by atoms with van der Waals surface area (Å²) < 4.78 is 51.8. The molecule has 0 bridgehead atoms. The SMILES string of the molecule is Cc1ccc(NC(=O)CN(C)S(=O)(=O)c2ccc(F)cc2F)cc1. The molecule has 0 aliphatic carbocycles. The smallest absolute Gasteiger partial charge is 0.246 e. The van der Waals surface area contributed by atoms with Crippen molar-refractivity contribution >= 4 is 21.6 Å². The summed E-state index contributed by atoms with van der Waals surface area (Å²) in [7, 11) is -3.10. The summed E-state index contributed by atoms with van der Waals surface area (Å²) in [4.78, 5) is 11.3. The molecule has 0 aromatic heterocycles. The molecule has 128 valence electrons. The van der Waals surface area contributed by atoms with E-state index in [4.69, 9.17) is 0 Å². The number of carbonyl (C=O) groups excluding carboxylic acids is 1. The summed E-state index contributed by atoms with van der Waals surface area (Å²) in [5.74, 6) is -2.67. The number of hydrogen-bond acceptors (Lipinski definition) is 3. The molecule has 0 fully saturated rings. The van der Waals surface area contributed by atoms with Crippen molar-refractivity contribution in [2.75, 3.05) is 18.9 Å². The van der Waals surface area contributed by atoms with Gasteiger partial charge in [0.2, 0.25) is 15.9 Å². The van der Waals surface area contributed by atoms with Crippen molar-refractivity contribution in [3.63, 3.8) is 0 Å². The van der Waals surface area contributed by atoms with Crippen LogP contribution in [0.4, 0.5) is 14.5 Å². The Bertz CT molecular complexity index is 852. The quantitative estimate of drug-likeness (QED) is 0.897. The zero-order valence-electron chi connectivity index (χ0n) is 13.1. The second kappa shape index (κ2) is 7.06. The summed E-state index contributed by atoms with van der Waals surface area (Å²) in [6.07, 6.45) is 0. The number of halogens is 2. The van der Waals surface area contributed by atoms with Crippen LogP contribution in [0, 0.1) is 18.6 Å². The third-order valence-corrected chi connectivity index (χ3v) is 5.12. The molecule has 1 amide bonds. The number of benzene rings is 2. The van der Waals surface area contributed by atoms with Gasteiger partial charge < -0.3 is 5.32 Å². The molecule has 0 atom stereocenters. The molecule has 24 heavy (non-hydrogen) atoms. The van der Waals surface area contributed by atoms with Gasteiger partial charge in [-0.05, 0) is 31.2 Å². The zero-order chi connectivity index (χ0) is 17.9. The van der Waals surface area contributed by atoms with Crippen LogP contribution in [0.2, 0.25) is 0 Å². The average Bonchev–Trinajstić information content (AvgIpc) is 2.49. The number of rotatable bonds is 5. The van der Waals surface area contributed by atoms with Crippen LogP contribution in [0.5, 0.6) is 0 Å². The third-order valence-electron chi connectivity index (χ3n) is 3.28. The topological polar surface area (TPSA) is 66.5 Å². The number of hydrogen-bond donors (Lipinski definition) is 1. The Hall–Kier alpha value is -2.32. The molecule has 2 aromatic rings. The van der Waals surface area contributed by atoms with Crippen LogP contribution in [0.25, 0.3) is 0 Å². The van der Waals surface area contributed by atoms with Crippen LogP contribution in [0.15, 0.2) is 47.4 Å². The maximum Gasteiger partial charge on any atom is 0.246 e. The number of nitrogens with one attached hydrogen (secondary N) is 1.